The van der Waals surface area contributed by atoms with Crippen molar-refractivity contribution >= 4 is 29.5 Å². The summed E-state index contributed by atoms with van der Waals surface area (Å²) in [6, 6.07) is 2.33. The zero-order chi connectivity index (χ0) is 21.8. The summed E-state index contributed by atoms with van der Waals surface area (Å²) in [7, 11) is 0. The Balaban J connectivity index is 1.95. The normalized spacial score (nSPS) is 19.7. The van der Waals surface area contributed by atoms with Crippen molar-refractivity contribution in [3.8, 4) is 0 Å². The molecule has 2 rings (SSSR count). The Morgan fingerprint density at radius 1 is 1.28 bits per heavy atom. The number of ether oxygens (including phenoxy) is 1. The highest BCUT2D eigenvalue weighted by molar-refractivity contribution is 6.08. The van der Waals surface area contributed by atoms with Crippen molar-refractivity contribution in [2.75, 3.05) is 11.9 Å². The fourth-order valence-electron chi connectivity index (χ4n) is 2.85. The first kappa shape index (κ1) is 22.3. The number of nitrogens with zero attached hydrogens (tertiary/aromatic N) is 1. The number of unbranched alkanes of at least 4 members (excludes halogenated alkanes) is 1. The second-order valence-electron chi connectivity index (χ2n) is 6.98. The molecule has 1 aliphatic rings. The van der Waals surface area contributed by atoms with E-state index in [1.807, 2.05) is 12.2 Å². The summed E-state index contributed by atoms with van der Waals surface area (Å²) in [6.07, 6.45) is 0.557. The molecule has 1 fully saturated rings. The Bertz CT molecular complexity index is 812. The lowest BCUT2D eigenvalue weighted by Gasteiger charge is -2.21. The summed E-state index contributed by atoms with van der Waals surface area (Å²) in [5.74, 6) is -4.50. The van der Waals surface area contributed by atoms with Gasteiger partial charge in [-0.15, -0.1) is 0 Å². The van der Waals surface area contributed by atoms with Crippen LogP contribution in [0.5, 0.6) is 0 Å². The lowest BCUT2D eigenvalue weighted by Crippen LogP contribution is -2.44. The van der Waals surface area contributed by atoms with E-state index >= 15 is 0 Å². The first-order chi connectivity index (χ1) is 13.6. The molecule has 0 aromatic heterocycles. The van der Waals surface area contributed by atoms with Crippen molar-refractivity contribution in [1.29, 1.82) is 0 Å². The number of esters is 1. The van der Waals surface area contributed by atoms with Crippen LogP contribution >= 0.6 is 0 Å². The standard InChI is InChI=1S/C19H23F2N3O5/c1-4-5-9-19(3)17(27)24(18(28)23-19)10-14(25)29-11(2)16(26)22-15-12(20)7-6-8-13(15)21/h6-8,11H,4-5,9-10H2,1-3H3,(H,22,26)(H,23,28)/t11-,19-/m1/s1. The van der Waals surface area contributed by atoms with Crippen molar-refractivity contribution in [1.82, 2.24) is 10.2 Å². The molecule has 4 amide bonds. The average molecular weight is 411 g/mol. The first-order valence-corrected chi connectivity index (χ1v) is 9.17. The molecular formula is C19H23F2N3O5. The minimum absolute atomic E-state index is 0.423. The number of carbonyl (C=O) groups excluding carboxylic acids is 4. The number of hydrogen-bond donors (Lipinski definition) is 2. The van der Waals surface area contributed by atoms with E-state index in [1.54, 1.807) is 6.92 Å². The van der Waals surface area contributed by atoms with Crippen LogP contribution in [0.2, 0.25) is 0 Å². The van der Waals surface area contributed by atoms with Crippen molar-refractivity contribution in [3.05, 3.63) is 29.8 Å². The Morgan fingerprint density at radius 3 is 2.48 bits per heavy atom. The fraction of sp³-hybridized carbons (Fsp3) is 0.474. The van der Waals surface area contributed by atoms with E-state index in [2.05, 4.69) is 5.32 Å². The molecule has 0 unspecified atom stereocenters. The number of imide groups is 1. The third kappa shape index (κ3) is 5.07. The molecule has 1 saturated heterocycles. The van der Waals surface area contributed by atoms with Gasteiger partial charge in [0.2, 0.25) is 0 Å². The lowest BCUT2D eigenvalue weighted by molar-refractivity contribution is -0.155. The molecule has 1 heterocycles. The number of nitrogens with one attached hydrogen (secondary N) is 2. The molecule has 1 aliphatic heterocycles. The van der Waals surface area contributed by atoms with Gasteiger partial charge in [0.25, 0.3) is 11.8 Å². The topological polar surface area (TPSA) is 105 Å². The molecule has 2 atom stereocenters. The van der Waals surface area contributed by atoms with Crippen LogP contribution < -0.4 is 10.6 Å². The maximum Gasteiger partial charge on any atom is 0.327 e. The summed E-state index contributed by atoms with van der Waals surface area (Å²) in [5, 5.41) is 4.56. The highest BCUT2D eigenvalue weighted by atomic mass is 19.1. The van der Waals surface area contributed by atoms with E-state index in [0.29, 0.717) is 12.8 Å². The van der Waals surface area contributed by atoms with E-state index in [9.17, 15) is 28.0 Å². The van der Waals surface area contributed by atoms with Gasteiger partial charge in [-0.2, -0.15) is 0 Å². The van der Waals surface area contributed by atoms with Crippen molar-refractivity contribution in [2.24, 2.45) is 0 Å². The molecule has 0 aliphatic carbocycles. The Morgan fingerprint density at radius 2 is 1.90 bits per heavy atom. The molecule has 10 heteroatoms. The number of amides is 4. The number of rotatable bonds is 8. The second kappa shape index (κ2) is 8.97. The van der Waals surface area contributed by atoms with Crippen molar-refractivity contribution < 1.29 is 32.7 Å². The fourth-order valence-corrected chi connectivity index (χ4v) is 2.85. The quantitative estimate of drug-likeness (QED) is 0.505. The summed E-state index contributed by atoms with van der Waals surface area (Å²) < 4.78 is 32.1. The molecule has 29 heavy (non-hydrogen) atoms. The van der Waals surface area contributed by atoms with Gasteiger partial charge in [0.15, 0.2) is 6.10 Å². The summed E-state index contributed by atoms with van der Waals surface area (Å²) >= 11 is 0. The highest BCUT2D eigenvalue weighted by Gasteiger charge is 2.48. The number of urea groups is 1. The third-order valence-electron chi connectivity index (χ3n) is 4.55. The van der Waals surface area contributed by atoms with Crippen molar-refractivity contribution in [2.45, 2.75) is 51.7 Å². The highest BCUT2D eigenvalue weighted by Crippen LogP contribution is 2.23. The van der Waals surface area contributed by atoms with Crippen LogP contribution in [0.1, 0.15) is 40.0 Å². The number of hydrogen-bond acceptors (Lipinski definition) is 5. The van der Waals surface area contributed by atoms with Crippen LogP contribution in [0, 0.1) is 11.6 Å². The molecule has 2 N–H and O–H groups in total. The van der Waals surface area contributed by atoms with Crippen molar-refractivity contribution in [3.63, 3.8) is 0 Å². The summed E-state index contributed by atoms with van der Waals surface area (Å²) in [5.41, 5.74) is -1.76. The van der Waals surface area contributed by atoms with Gasteiger partial charge in [-0.3, -0.25) is 19.3 Å². The minimum atomic E-state index is -1.41. The first-order valence-electron chi connectivity index (χ1n) is 9.17. The molecule has 1 aromatic carbocycles. The molecule has 0 spiro atoms. The zero-order valence-corrected chi connectivity index (χ0v) is 16.4. The van der Waals surface area contributed by atoms with Gasteiger partial charge < -0.3 is 15.4 Å². The van der Waals surface area contributed by atoms with Gasteiger partial charge in [-0.25, -0.2) is 13.6 Å². The van der Waals surface area contributed by atoms with Gasteiger partial charge >= 0.3 is 12.0 Å². The molecular weight excluding hydrogens is 388 g/mol. The number of para-hydroxylation sites is 1. The van der Waals surface area contributed by atoms with Gasteiger partial charge in [0, 0.05) is 0 Å². The average Bonchev–Trinajstić information content (AvgIpc) is 2.86. The lowest BCUT2D eigenvalue weighted by atomic mass is 9.95. The molecule has 1 aromatic rings. The zero-order valence-electron chi connectivity index (χ0n) is 16.4. The molecule has 0 saturated carbocycles. The number of anilines is 1. The Labute approximate surface area is 166 Å². The second-order valence-corrected chi connectivity index (χ2v) is 6.98. The number of halogens is 2. The SMILES string of the molecule is CCCC[C@@]1(C)NC(=O)N(CC(=O)O[C@H](C)C(=O)Nc2c(F)cccc2F)C1=O. The van der Waals surface area contributed by atoms with Crippen LogP contribution in [0.3, 0.4) is 0 Å². The third-order valence-corrected chi connectivity index (χ3v) is 4.55. The Hall–Kier alpha value is -3.04. The predicted molar refractivity (Wildman–Crippen MR) is 98.7 cm³/mol. The largest absolute Gasteiger partial charge is 0.451 e. The van der Waals surface area contributed by atoms with Gasteiger partial charge in [-0.1, -0.05) is 25.8 Å². The maximum absolute atomic E-state index is 13.6. The van der Waals surface area contributed by atoms with Gasteiger partial charge in [0.05, 0.1) is 0 Å². The number of carbonyl (C=O) groups is 4. The van der Waals surface area contributed by atoms with E-state index in [-0.39, 0.29) is 0 Å². The van der Waals surface area contributed by atoms with E-state index in [1.165, 1.54) is 6.92 Å². The Kier molecular flexibility index (Phi) is 6.89. The van der Waals surface area contributed by atoms with Crippen LogP contribution in [0.25, 0.3) is 0 Å². The van der Waals surface area contributed by atoms with E-state index < -0.39 is 59.3 Å². The van der Waals surface area contributed by atoms with E-state index in [0.717, 1.165) is 29.5 Å². The predicted octanol–water partition coefficient (Wildman–Crippen LogP) is 2.34. The van der Waals surface area contributed by atoms with Crippen LogP contribution in [0.4, 0.5) is 19.3 Å². The molecule has 0 bridgehead atoms. The van der Waals surface area contributed by atoms with Gasteiger partial charge in [-0.05, 0) is 32.4 Å². The minimum Gasteiger partial charge on any atom is -0.451 e. The van der Waals surface area contributed by atoms with Crippen LogP contribution in [0.15, 0.2) is 18.2 Å². The number of benzene rings is 1. The molecule has 0 radical (unpaired) electrons. The smallest absolute Gasteiger partial charge is 0.327 e. The van der Waals surface area contributed by atoms with E-state index in [4.69, 9.17) is 4.74 Å². The summed E-state index contributed by atoms with van der Waals surface area (Å²) in [6.45, 7) is 4.04. The summed E-state index contributed by atoms with van der Waals surface area (Å²) in [4.78, 5) is 49.4. The van der Waals surface area contributed by atoms with Gasteiger partial charge in [0.1, 0.15) is 29.4 Å². The monoisotopic (exact) mass is 411 g/mol. The van der Waals surface area contributed by atoms with Crippen LogP contribution in [-0.4, -0.2) is 46.9 Å². The molecule has 8 nitrogen and oxygen atoms in total. The maximum atomic E-state index is 13.6. The molecule has 158 valence electrons. The van der Waals surface area contributed by atoms with Crippen LogP contribution in [-0.2, 0) is 19.1 Å².